The molecule has 1 rings (SSSR count). The number of methoxy groups -OCH3 is 1. The third kappa shape index (κ3) is 4.98. The molecule has 1 unspecified atom stereocenters. The minimum Gasteiger partial charge on any atom is -0.468 e. The zero-order valence-electron chi connectivity index (χ0n) is 12.3. The molecule has 6 nitrogen and oxygen atoms in total. The molecule has 1 aromatic heterocycles. The molecule has 0 radical (unpaired) electrons. The second-order valence-corrected chi connectivity index (χ2v) is 5.29. The van der Waals surface area contributed by atoms with Crippen molar-refractivity contribution in [1.29, 1.82) is 0 Å². The Labute approximate surface area is 113 Å². The van der Waals surface area contributed by atoms with Gasteiger partial charge in [0, 0.05) is 5.92 Å². The Morgan fingerprint density at radius 2 is 2.05 bits per heavy atom. The van der Waals surface area contributed by atoms with Gasteiger partial charge in [-0.3, -0.25) is 10.1 Å². The molecule has 0 aliphatic carbocycles. The molecule has 0 amide bonds. The molecule has 1 heterocycles. The summed E-state index contributed by atoms with van der Waals surface area (Å²) in [5, 5.41) is 6.98. The van der Waals surface area contributed by atoms with Crippen molar-refractivity contribution in [3.8, 4) is 0 Å². The fourth-order valence-electron chi connectivity index (χ4n) is 1.66. The van der Waals surface area contributed by atoms with Gasteiger partial charge in [-0.2, -0.15) is 4.98 Å². The summed E-state index contributed by atoms with van der Waals surface area (Å²) >= 11 is 0. The first-order valence-electron chi connectivity index (χ1n) is 6.57. The average molecular weight is 269 g/mol. The Morgan fingerprint density at radius 3 is 2.53 bits per heavy atom. The standard InChI is InChI=1S/C13H23N3O3/c1-8(2)6-10(13(17)18-5)14-7-11-15-12(9(3)4)16-19-11/h8-10,14H,6-7H2,1-5H3. The summed E-state index contributed by atoms with van der Waals surface area (Å²) in [5.74, 6) is 1.52. The van der Waals surface area contributed by atoms with Crippen LogP contribution >= 0.6 is 0 Å². The number of hydrogen-bond acceptors (Lipinski definition) is 6. The van der Waals surface area contributed by atoms with Gasteiger partial charge in [-0.15, -0.1) is 0 Å². The highest BCUT2D eigenvalue weighted by Crippen LogP contribution is 2.11. The number of esters is 1. The summed E-state index contributed by atoms with van der Waals surface area (Å²) in [7, 11) is 1.39. The molecule has 0 saturated heterocycles. The second kappa shape index (κ2) is 7.23. The lowest BCUT2D eigenvalue weighted by molar-refractivity contribution is -0.143. The molecule has 108 valence electrons. The molecule has 0 fully saturated rings. The van der Waals surface area contributed by atoms with Gasteiger partial charge >= 0.3 is 5.97 Å². The minimum atomic E-state index is -0.348. The van der Waals surface area contributed by atoms with E-state index in [0.717, 1.165) is 0 Å². The van der Waals surface area contributed by atoms with E-state index in [9.17, 15) is 4.79 Å². The lowest BCUT2D eigenvalue weighted by atomic mass is 10.0. The quantitative estimate of drug-likeness (QED) is 0.761. The molecule has 19 heavy (non-hydrogen) atoms. The number of carbonyl (C=O) groups is 1. The molecule has 6 heteroatoms. The summed E-state index contributed by atoms with van der Waals surface area (Å²) in [6.45, 7) is 8.48. The predicted octanol–water partition coefficient (Wildman–Crippen LogP) is 1.87. The Hall–Kier alpha value is -1.43. The van der Waals surface area contributed by atoms with Crippen molar-refractivity contribution in [2.24, 2.45) is 5.92 Å². The van der Waals surface area contributed by atoms with E-state index in [0.29, 0.717) is 30.6 Å². The van der Waals surface area contributed by atoms with Crippen LogP contribution in [0.2, 0.25) is 0 Å². The van der Waals surface area contributed by atoms with Crippen molar-refractivity contribution < 1.29 is 14.1 Å². The number of hydrogen-bond donors (Lipinski definition) is 1. The van der Waals surface area contributed by atoms with Crippen LogP contribution in [0.4, 0.5) is 0 Å². The number of nitrogens with zero attached hydrogens (tertiary/aromatic N) is 2. The molecule has 0 aliphatic rings. The van der Waals surface area contributed by atoms with Crippen LogP contribution in [0.15, 0.2) is 4.52 Å². The van der Waals surface area contributed by atoms with Crippen LogP contribution in [0.3, 0.4) is 0 Å². The summed E-state index contributed by atoms with van der Waals surface area (Å²) in [5.41, 5.74) is 0. The molecule has 1 atom stereocenters. The van der Waals surface area contributed by atoms with Gasteiger partial charge in [0.15, 0.2) is 5.82 Å². The third-order valence-corrected chi connectivity index (χ3v) is 2.69. The first-order chi connectivity index (χ1) is 8.93. The molecule has 0 aromatic carbocycles. The van der Waals surface area contributed by atoms with E-state index in [4.69, 9.17) is 9.26 Å². The van der Waals surface area contributed by atoms with Crippen LogP contribution in [0, 0.1) is 5.92 Å². The summed E-state index contributed by atoms with van der Waals surface area (Å²) in [4.78, 5) is 15.9. The van der Waals surface area contributed by atoms with Gasteiger partial charge in [0.25, 0.3) is 0 Å². The highest BCUT2D eigenvalue weighted by molar-refractivity contribution is 5.75. The topological polar surface area (TPSA) is 77.2 Å². The van der Waals surface area contributed by atoms with E-state index in [2.05, 4.69) is 29.3 Å². The van der Waals surface area contributed by atoms with Crippen LogP contribution in [0.25, 0.3) is 0 Å². The van der Waals surface area contributed by atoms with Crippen molar-refractivity contribution in [3.63, 3.8) is 0 Å². The summed E-state index contributed by atoms with van der Waals surface area (Å²) in [6, 6.07) is -0.348. The van der Waals surface area contributed by atoms with E-state index >= 15 is 0 Å². The Balaban J connectivity index is 2.57. The normalized spacial score (nSPS) is 13.0. The number of rotatable bonds is 7. The summed E-state index contributed by atoms with van der Waals surface area (Å²) < 4.78 is 9.90. The first-order valence-corrected chi connectivity index (χ1v) is 6.57. The maximum Gasteiger partial charge on any atom is 0.322 e. The van der Waals surface area contributed by atoms with Crippen LogP contribution < -0.4 is 5.32 Å². The van der Waals surface area contributed by atoms with Gasteiger partial charge in [0.1, 0.15) is 6.04 Å². The van der Waals surface area contributed by atoms with Crippen molar-refractivity contribution in [2.45, 2.75) is 52.6 Å². The van der Waals surface area contributed by atoms with Crippen LogP contribution in [-0.4, -0.2) is 29.3 Å². The Bertz CT molecular complexity index is 402. The molecular formula is C13H23N3O3. The SMILES string of the molecule is COC(=O)C(CC(C)C)NCc1nc(C(C)C)no1. The van der Waals surface area contributed by atoms with Crippen molar-refractivity contribution >= 4 is 5.97 Å². The smallest absolute Gasteiger partial charge is 0.322 e. The van der Waals surface area contributed by atoms with Gasteiger partial charge in [-0.05, 0) is 12.3 Å². The molecule has 0 bridgehead atoms. The fourth-order valence-corrected chi connectivity index (χ4v) is 1.66. The van der Waals surface area contributed by atoms with E-state index < -0.39 is 0 Å². The zero-order valence-corrected chi connectivity index (χ0v) is 12.3. The van der Waals surface area contributed by atoms with Crippen LogP contribution in [0.1, 0.15) is 51.7 Å². The molecule has 1 aromatic rings. The molecule has 1 N–H and O–H groups in total. The van der Waals surface area contributed by atoms with Gasteiger partial charge < -0.3 is 9.26 Å². The molecule has 0 saturated carbocycles. The monoisotopic (exact) mass is 269 g/mol. The van der Waals surface area contributed by atoms with Crippen LogP contribution in [-0.2, 0) is 16.1 Å². The highest BCUT2D eigenvalue weighted by Gasteiger charge is 2.21. The Kier molecular flexibility index (Phi) is 5.95. The predicted molar refractivity (Wildman–Crippen MR) is 70.5 cm³/mol. The largest absolute Gasteiger partial charge is 0.468 e. The van der Waals surface area contributed by atoms with Gasteiger partial charge in [-0.25, -0.2) is 0 Å². The van der Waals surface area contributed by atoms with E-state index in [-0.39, 0.29) is 17.9 Å². The maximum atomic E-state index is 11.6. The summed E-state index contributed by atoms with van der Waals surface area (Å²) in [6.07, 6.45) is 0.706. The van der Waals surface area contributed by atoms with E-state index in [1.165, 1.54) is 7.11 Å². The van der Waals surface area contributed by atoms with Crippen molar-refractivity contribution in [2.75, 3.05) is 7.11 Å². The van der Waals surface area contributed by atoms with Gasteiger partial charge in [-0.1, -0.05) is 32.9 Å². The third-order valence-electron chi connectivity index (χ3n) is 2.69. The van der Waals surface area contributed by atoms with Crippen molar-refractivity contribution in [3.05, 3.63) is 11.7 Å². The number of nitrogens with one attached hydrogen (secondary N) is 1. The zero-order chi connectivity index (χ0) is 14.4. The molecule has 0 spiro atoms. The molecule has 0 aliphatic heterocycles. The minimum absolute atomic E-state index is 0.226. The Morgan fingerprint density at radius 1 is 1.37 bits per heavy atom. The lowest BCUT2D eigenvalue weighted by Crippen LogP contribution is -2.38. The maximum absolute atomic E-state index is 11.6. The fraction of sp³-hybridized carbons (Fsp3) is 0.769. The number of carbonyl (C=O) groups excluding carboxylic acids is 1. The van der Waals surface area contributed by atoms with Crippen molar-refractivity contribution in [1.82, 2.24) is 15.5 Å². The highest BCUT2D eigenvalue weighted by atomic mass is 16.5. The second-order valence-electron chi connectivity index (χ2n) is 5.29. The number of aromatic nitrogens is 2. The average Bonchev–Trinajstić information content (AvgIpc) is 2.82. The first kappa shape index (κ1) is 15.6. The van der Waals surface area contributed by atoms with Crippen LogP contribution in [0.5, 0.6) is 0 Å². The number of ether oxygens (including phenoxy) is 1. The van der Waals surface area contributed by atoms with Gasteiger partial charge in [0.2, 0.25) is 5.89 Å². The van der Waals surface area contributed by atoms with Gasteiger partial charge in [0.05, 0.1) is 13.7 Å². The van der Waals surface area contributed by atoms with E-state index in [1.807, 2.05) is 13.8 Å². The molecular weight excluding hydrogens is 246 g/mol. The van der Waals surface area contributed by atoms with E-state index in [1.54, 1.807) is 0 Å². The lowest BCUT2D eigenvalue weighted by Gasteiger charge is -2.17.